The van der Waals surface area contributed by atoms with Gasteiger partial charge in [0.15, 0.2) is 12.2 Å². The largest absolute Gasteiger partial charge is 0.472 e. The molecule has 6 atom stereocenters. The van der Waals surface area contributed by atoms with Crippen LogP contribution in [0.25, 0.3) is 0 Å². The maximum atomic E-state index is 13.1. The van der Waals surface area contributed by atoms with Crippen LogP contribution in [-0.2, 0) is 65.4 Å². The van der Waals surface area contributed by atoms with Crippen LogP contribution in [0.3, 0.4) is 0 Å². The highest BCUT2D eigenvalue weighted by Gasteiger charge is 2.30. The lowest BCUT2D eigenvalue weighted by Gasteiger charge is -2.21. The fourth-order valence-corrected chi connectivity index (χ4v) is 13.8. The van der Waals surface area contributed by atoms with Crippen molar-refractivity contribution in [2.45, 2.75) is 432 Å². The third kappa shape index (κ3) is 74.2. The summed E-state index contributed by atoms with van der Waals surface area (Å²) < 4.78 is 68.7. The Morgan fingerprint density at radius 1 is 0.317 bits per heavy atom. The second-order valence-corrected chi connectivity index (χ2v) is 32.0. The number of ether oxygens (including phenoxy) is 4. The van der Waals surface area contributed by atoms with E-state index < -0.39 is 97.5 Å². The molecule has 0 rings (SSSR count). The quantitative estimate of drug-likeness (QED) is 0.0169. The van der Waals surface area contributed by atoms with E-state index in [0.29, 0.717) is 25.7 Å². The van der Waals surface area contributed by atoms with E-state index in [1.165, 1.54) is 218 Å². The Kier molecular flexibility index (Phi) is 72.6. The molecule has 19 heteroatoms. The van der Waals surface area contributed by atoms with Crippen molar-refractivity contribution in [1.82, 2.24) is 0 Å². The zero-order chi connectivity index (χ0) is 74.1. The van der Waals surface area contributed by atoms with Crippen molar-refractivity contribution in [3.63, 3.8) is 0 Å². The van der Waals surface area contributed by atoms with Crippen LogP contribution >= 0.6 is 15.6 Å². The molecule has 101 heavy (non-hydrogen) atoms. The normalized spacial score (nSPS) is 14.3. The van der Waals surface area contributed by atoms with Crippen LogP contribution in [0.2, 0.25) is 0 Å². The molecule has 0 aliphatic heterocycles. The Balaban J connectivity index is 5.27. The summed E-state index contributed by atoms with van der Waals surface area (Å²) in [4.78, 5) is 73.0. The van der Waals surface area contributed by atoms with Crippen LogP contribution in [0, 0.1) is 5.92 Å². The van der Waals surface area contributed by atoms with Gasteiger partial charge in [-0.15, -0.1) is 0 Å². The summed E-state index contributed by atoms with van der Waals surface area (Å²) in [6, 6.07) is 0. The van der Waals surface area contributed by atoms with E-state index in [-0.39, 0.29) is 25.7 Å². The summed E-state index contributed by atoms with van der Waals surface area (Å²) in [5.74, 6) is -1.41. The van der Waals surface area contributed by atoms with Crippen molar-refractivity contribution in [3.05, 3.63) is 24.3 Å². The fraction of sp³-hybridized carbons (Fsp3) is 0.902. The van der Waals surface area contributed by atoms with Crippen LogP contribution in [0.15, 0.2) is 24.3 Å². The first-order valence-corrected chi connectivity index (χ1v) is 45.0. The molecular weight excluding hydrogens is 1320 g/mol. The Labute approximate surface area is 618 Å². The summed E-state index contributed by atoms with van der Waals surface area (Å²) in [5, 5.41) is 10.6. The predicted octanol–water partition coefficient (Wildman–Crippen LogP) is 24.4. The highest BCUT2D eigenvalue weighted by atomic mass is 31.2. The van der Waals surface area contributed by atoms with E-state index in [4.69, 9.17) is 37.0 Å². The number of hydrogen-bond donors (Lipinski definition) is 3. The number of unbranched alkanes of at least 4 members (excludes halogenated alkanes) is 48. The van der Waals surface area contributed by atoms with Crippen LogP contribution < -0.4 is 0 Å². The smallest absolute Gasteiger partial charge is 0.462 e. The summed E-state index contributed by atoms with van der Waals surface area (Å²) in [6.07, 6.45) is 68.9. The molecule has 0 fully saturated rings. The van der Waals surface area contributed by atoms with Gasteiger partial charge in [0.05, 0.1) is 26.4 Å². The highest BCUT2D eigenvalue weighted by molar-refractivity contribution is 7.47. The Bertz CT molecular complexity index is 2020. The first-order valence-electron chi connectivity index (χ1n) is 42.0. The standard InChI is InChI=1S/C82H156O17P2/c1-6-10-13-16-19-22-25-28-31-33-35-38-40-43-46-49-55-60-65-79(84)92-71-77(98-81(86)67-63-58-51-48-45-42-39-36-34-32-29-26-23-20-17-14-11-7-2)73-96-100(88,89)94-69-76(83)70-95-101(90,91)97-74-78(72-93-80(85)66-61-56-53-52-54-59-64-75(5)9-4)99-82(87)68-62-57-50-47-44-41-37-30-27-24-21-18-15-12-8-3/h24,27,30,37,75-78,83H,6-23,25-26,28-29,31-36,38-74H2,1-5H3,(H,88,89)(H,90,91)/b27-24-,37-30-/t75?,76-,77-,78-/m1/s1. The van der Waals surface area contributed by atoms with Crippen molar-refractivity contribution in [2.24, 2.45) is 5.92 Å². The van der Waals surface area contributed by atoms with Gasteiger partial charge < -0.3 is 33.8 Å². The maximum Gasteiger partial charge on any atom is 0.472 e. The average Bonchev–Trinajstić information content (AvgIpc) is 0.960. The SMILES string of the molecule is CCCCCC/C=C\C=C/CCCCCCCC(=O)O[C@H](COC(=O)CCCCCCCCC(C)CC)COP(=O)(O)OC[C@H](O)COP(=O)(O)OC[C@@H](COC(=O)CCCCCCCCCCCCCCCCCCCC)OC(=O)CCCCCCCCCCCCCCCCCCCC. The number of hydrogen-bond acceptors (Lipinski definition) is 15. The number of phosphoric ester groups is 2. The van der Waals surface area contributed by atoms with Crippen LogP contribution in [0.1, 0.15) is 413 Å². The van der Waals surface area contributed by atoms with Gasteiger partial charge >= 0.3 is 39.5 Å². The zero-order valence-electron chi connectivity index (χ0n) is 65.5. The first kappa shape index (κ1) is 98.5. The van der Waals surface area contributed by atoms with E-state index in [0.717, 1.165) is 115 Å². The molecule has 0 saturated carbocycles. The van der Waals surface area contributed by atoms with Crippen molar-refractivity contribution < 1.29 is 80.2 Å². The number of carbonyl (C=O) groups is 4. The van der Waals surface area contributed by atoms with E-state index in [9.17, 15) is 43.2 Å². The molecule has 0 bridgehead atoms. The molecule has 596 valence electrons. The van der Waals surface area contributed by atoms with Crippen molar-refractivity contribution >= 4 is 39.5 Å². The van der Waals surface area contributed by atoms with Gasteiger partial charge in [0.2, 0.25) is 0 Å². The first-order chi connectivity index (χ1) is 49.1. The second kappa shape index (κ2) is 74.4. The van der Waals surface area contributed by atoms with Crippen LogP contribution in [-0.4, -0.2) is 96.7 Å². The summed E-state index contributed by atoms with van der Waals surface area (Å²) in [7, 11) is -9.93. The van der Waals surface area contributed by atoms with Crippen LogP contribution in [0.5, 0.6) is 0 Å². The number of aliphatic hydroxyl groups excluding tert-OH is 1. The van der Waals surface area contributed by atoms with Gasteiger partial charge in [-0.05, 0) is 57.3 Å². The maximum absolute atomic E-state index is 13.1. The van der Waals surface area contributed by atoms with Gasteiger partial charge in [-0.1, -0.05) is 361 Å². The molecule has 0 spiro atoms. The molecule has 0 aliphatic carbocycles. The Morgan fingerprint density at radius 3 is 0.842 bits per heavy atom. The number of phosphoric acid groups is 2. The molecule has 0 heterocycles. The molecule has 0 saturated heterocycles. The second-order valence-electron chi connectivity index (χ2n) is 29.1. The molecule has 3 N–H and O–H groups in total. The highest BCUT2D eigenvalue weighted by Crippen LogP contribution is 2.45. The Hall–Kier alpha value is -2.46. The minimum absolute atomic E-state index is 0.0846. The zero-order valence-corrected chi connectivity index (χ0v) is 67.3. The number of aliphatic hydroxyl groups is 1. The molecule has 0 aromatic heterocycles. The van der Waals surface area contributed by atoms with Crippen LogP contribution in [0.4, 0.5) is 0 Å². The fourth-order valence-electron chi connectivity index (χ4n) is 12.2. The van der Waals surface area contributed by atoms with Crippen molar-refractivity contribution in [1.29, 1.82) is 0 Å². The lowest BCUT2D eigenvalue weighted by molar-refractivity contribution is -0.161. The van der Waals surface area contributed by atoms with E-state index in [2.05, 4.69) is 58.9 Å². The van der Waals surface area contributed by atoms with E-state index in [1.54, 1.807) is 0 Å². The molecule has 0 radical (unpaired) electrons. The van der Waals surface area contributed by atoms with Crippen molar-refractivity contribution in [2.75, 3.05) is 39.6 Å². The van der Waals surface area contributed by atoms with Gasteiger partial charge in [0, 0.05) is 25.7 Å². The molecular formula is C82H156O17P2. The number of allylic oxidation sites excluding steroid dienone is 4. The number of carbonyl (C=O) groups excluding carboxylic acids is 4. The summed E-state index contributed by atoms with van der Waals surface area (Å²) >= 11 is 0. The number of rotatable bonds is 80. The minimum atomic E-state index is -4.97. The lowest BCUT2D eigenvalue weighted by Crippen LogP contribution is -2.30. The summed E-state index contributed by atoms with van der Waals surface area (Å²) in [6.45, 7) is 7.23. The molecule has 17 nitrogen and oxygen atoms in total. The molecule has 0 aliphatic rings. The van der Waals surface area contributed by atoms with E-state index in [1.807, 2.05) is 0 Å². The Morgan fingerprint density at radius 2 is 0.554 bits per heavy atom. The monoisotopic (exact) mass is 1480 g/mol. The van der Waals surface area contributed by atoms with E-state index >= 15 is 0 Å². The van der Waals surface area contributed by atoms with Gasteiger partial charge in [-0.25, -0.2) is 9.13 Å². The van der Waals surface area contributed by atoms with Gasteiger partial charge in [-0.2, -0.15) is 0 Å². The topological polar surface area (TPSA) is 237 Å². The lowest BCUT2D eigenvalue weighted by atomic mass is 10.00. The predicted molar refractivity (Wildman–Crippen MR) is 414 cm³/mol. The molecule has 3 unspecified atom stereocenters. The number of esters is 4. The molecule has 0 amide bonds. The third-order valence-electron chi connectivity index (χ3n) is 19.0. The average molecular weight is 1480 g/mol. The molecule has 0 aromatic carbocycles. The van der Waals surface area contributed by atoms with Gasteiger partial charge in [0.1, 0.15) is 19.3 Å². The van der Waals surface area contributed by atoms with Gasteiger partial charge in [-0.3, -0.25) is 37.3 Å². The minimum Gasteiger partial charge on any atom is -0.462 e. The van der Waals surface area contributed by atoms with Gasteiger partial charge in [0.25, 0.3) is 0 Å². The molecule has 0 aromatic rings. The van der Waals surface area contributed by atoms with Crippen molar-refractivity contribution in [3.8, 4) is 0 Å². The third-order valence-corrected chi connectivity index (χ3v) is 20.9. The summed E-state index contributed by atoms with van der Waals surface area (Å²) in [5.41, 5.74) is 0.